The highest BCUT2D eigenvalue weighted by Crippen LogP contribution is 2.19. The Morgan fingerprint density at radius 3 is 2.70 bits per heavy atom. The fraction of sp³-hybridized carbons (Fsp3) is 0.400. The second-order valence-electron chi connectivity index (χ2n) is 6.59. The fourth-order valence-electron chi connectivity index (χ4n) is 3.29. The number of esters is 1. The number of ether oxygens (including phenoxy) is 1. The average molecular weight is 369 g/mol. The molecule has 1 unspecified atom stereocenters. The second kappa shape index (κ2) is 8.16. The number of rotatable bonds is 4. The van der Waals surface area contributed by atoms with Crippen molar-refractivity contribution in [2.24, 2.45) is 5.92 Å². The van der Waals surface area contributed by atoms with Crippen LogP contribution in [0.15, 0.2) is 41.2 Å². The first-order chi connectivity index (χ1) is 13.0. The van der Waals surface area contributed by atoms with Crippen LogP contribution in [0.25, 0.3) is 5.69 Å². The van der Waals surface area contributed by atoms with Crippen molar-refractivity contribution in [1.82, 2.24) is 14.7 Å². The lowest BCUT2D eigenvalue weighted by Crippen LogP contribution is -2.44. The molecule has 27 heavy (non-hydrogen) atoms. The summed E-state index contributed by atoms with van der Waals surface area (Å²) in [6.45, 7) is 4.58. The highest BCUT2D eigenvalue weighted by Gasteiger charge is 2.31. The van der Waals surface area contributed by atoms with E-state index in [1.165, 1.54) is 11.0 Å². The number of aromatic nitrogens is 2. The molecule has 2 aromatic rings. The molecule has 0 spiro atoms. The van der Waals surface area contributed by atoms with Crippen LogP contribution in [0.1, 0.15) is 35.9 Å². The summed E-state index contributed by atoms with van der Waals surface area (Å²) in [6.07, 6.45) is 1.37. The number of likely N-dealkylation sites (tertiary alicyclic amines) is 1. The lowest BCUT2D eigenvalue weighted by atomic mass is 9.98. The summed E-state index contributed by atoms with van der Waals surface area (Å²) in [4.78, 5) is 38.9. The van der Waals surface area contributed by atoms with E-state index in [1.54, 1.807) is 18.5 Å². The van der Waals surface area contributed by atoms with Gasteiger partial charge in [-0.1, -0.05) is 18.2 Å². The Morgan fingerprint density at radius 2 is 2.00 bits per heavy atom. The van der Waals surface area contributed by atoms with Gasteiger partial charge in [-0.15, -0.1) is 0 Å². The molecule has 142 valence electrons. The molecule has 1 aliphatic heterocycles. The normalized spacial score (nSPS) is 16.8. The minimum absolute atomic E-state index is 0.131. The molecule has 1 saturated heterocycles. The van der Waals surface area contributed by atoms with E-state index < -0.39 is 11.3 Å². The molecule has 7 nitrogen and oxygen atoms in total. The molecule has 0 N–H and O–H groups in total. The number of amides is 1. The highest BCUT2D eigenvalue weighted by molar-refractivity contribution is 5.92. The molecule has 1 fully saturated rings. The Labute approximate surface area is 157 Å². The summed E-state index contributed by atoms with van der Waals surface area (Å²) in [5.41, 5.74) is 0.870. The van der Waals surface area contributed by atoms with Crippen LogP contribution in [-0.2, 0) is 9.53 Å². The molecule has 0 bridgehead atoms. The number of para-hydroxylation sites is 1. The van der Waals surface area contributed by atoms with E-state index in [4.69, 9.17) is 4.74 Å². The van der Waals surface area contributed by atoms with Crippen molar-refractivity contribution in [1.29, 1.82) is 0 Å². The van der Waals surface area contributed by atoms with Crippen LogP contribution in [0, 0.1) is 12.8 Å². The Kier molecular flexibility index (Phi) is 5.69. The minimum atomic E-state index is -0.446. The molecular formula is C20H23N3O4. The van der Waals surface area contributed by atoms with Gasteiger partial charge in [-0.05, 0) is 38.8 Å². The van der Waals surface area contributed by atoms with Crippen molar-refractivity contribution in [3.05, 3.63) is 58.0 Å². The average Bonchev–Trinajstić information content (AvgIpc) is 2.68. The standard InChI is InChI=1S/C20H23N3O4/c1-3-27-20(26)15-8-7-11-22(13-15)19(25)18-17(24)12-14(2)23(21-18)16-9-5-4-6-10-16/h4-6,9-10,12,15H,3,7-8,11,13H2,1-2H3. The number of piperidine rings is 1. The SMILES string of the molecule is CCOC(=O)C1CCCN(C(=O)c2nn(-c3ccccc3)c(C)cc2=O)C1. The maximum Gasteiger partial charge on any atom is 0.310 e. The fourth-order valence-corrected chi connectivity index (χ4v) is 3.29. The lowest BCUT2D eigenvalue weighted by Gasteiger charge is -2.31. The lowest BCUT2D eigenvalue weighted by molar-refractivity contribution is -0.149. The van der Waals surface area contributed by atoms with Crippen molar-refractivity contribution in [3.8, 4) is 5.69 Å². The van der Waals surface area contributed by atoms with Gasteiger partial charge in [-0.3, -0.25) is 14.4 Å². The molecule has 1 aromatic carbocycles. The minimum Gasteiger partial charge on any atom is -0.466 e. The van der Waals surface area contributed by atoms with Crippen LogP contribution < -0.4 is 5.43 Å². The van der Waals surface area contributed by atoms with E-state index >= 15 is 0 Å². The maximum absolute atomic E-state index is 12.9. The molecule has 1 aliphatic rings. The Bertz CT molecular complexity index is 892. The van der Waals surface area contributed by atoms with E-state index in [9.17, 15) is 14.4 Å². The molecule has 1 aromatic heterocycles. The zero-order chi connectivity index (χ0) is 19.4. The Balaban J connectivity index is 1.88. The quantitative estimate of drug-likeness (QED) is 0.770. The molecule has 1 amide bonds. The summed E-state index contributed by atoms with van der Waals surface area (Å²) in [6, 6.07) is 10.7. The highest BCUT2D eigenvalue weighted by atomic mass is 16.5. The van der Waals surface area contributed by atoms with Gasteiger partial charge in [-0.25, -0.2) is 4.68 Å². The third-order valence-electron chi connectivity index (χ3n) is 4.64. The number of aryl methyl sites for hydroxylation is 1. The molecular weight excluding hydrogens is 346 g/mol. The van der Waals surface area contributed by atoms with E-state index in [1.807, 2.05) is 30.3 Å². The largest absolute Gasteiger partial charge is 0.466 e. The van der Waals surface area contributed by atoms with Crippen molar-refractivity contribution >= 4 is 11.9 Å². The van der Waals surface area contributed by atoms with Crippen LogP contribution >= 0.6 is 0 Å². The predicted octanol–water partition coefficient (Wildman–Crippen LogP) is 1.96. The zero-order valence-corrected chi connectivity index (χ0v) is 15.6. The molecule has 0 saturated carbocycles. The van der Waals surface area contributed by atoms with Crippen LogP contribution in [0.5, 0.6) is 0 Å². The predicted molar refractivity (Wildman–Crippen MR) is 99.8 cm³/mol. The van der Waals surface area contributed by atoms with Gasteiger partial charge < -0.3 is 9.64 Å². The molecule has 2 heterocycles. The van der Waals surface area contributed by atoms with Gasteiger partial charge in [0.2, 0.25) is 5.43 Å². The van der Waals surface area contributed by atoms with Crippen molar-refractivity contribution in [2.45, 2.75) is 26.7 Å². The number of carbonyl (C=O) groups excluding carboxylic acids is 2. The second-order valence-corrected chi connectivity index (χ2v) is 6.59. The van der Waals surface area contributed by atoms with Crippen molar-refractivity contribution < 1.29 is 14.3 Å². The topological polar surface area (TPSA) is 81.5 Å². The van der Waals surface area contributed by atoms with Crippen LogP contribution in [0.4, 0.5) is 0 Å². The van der Waals surface area contributed by atoms with Crippen molar-refractivity contribution in [3.63, 3.8) is 0 Å². The molecule has 3 rings (SSSR count). The van der Waals surface area contributed by atoms with E-state index in [0.717, 1.165) is 5.69 Å². The van der Waals surface area contributed by atoms with Gasteiger partial charge in [0.05, 0.1) is 18.2 Å². The summed E-state index contributed by atoms with van der Waals surface area (Å²) in [5.74, 6) is -1.10. The monoisotopic (exact) mass is 369 g/mol. The van der Waals surface area contributed by atoms with Crippen LogP contribution in [-0.4, -0.2) is 46.3 Å². The molecule has 1 atom stereocenters. The first-order valence-electron chi connectivity index (χ1n) is 9.13. The molecule has 0 aliphatic carbocycles. The maximum atomic E-state index is 12.9. The number of nitrogens with zero attached hydrogens (tertiary/aromatic N) is 3. The summed E-state index contributed by atoms with van der Waals surface area (Å²) >= 11 is 0. The van der Waals surface area contributed by atoms with Gasteiger partial charge in [0, 0.05) is 24.8 Å². The summed E-state index contributed by atoms with van der Waals surface area (Å²) in [7, 11) is 0. The van der Waals surface area contributed by atoms with E-state index in [0.29, 0.717) is 31.7 Å². The third-order valence-corrected chi connectivity index (χ3v) is 4.64. The van der Waals surface area contributed by atoms with Gasteiger partial charge in [0.15, 0.2) is 5.69 Å². The van der Waals surface area contributed by atoms with Crippen molar-refractivity contribution in [2.75, 3.05) is 19.7 Å². The third kappa shape index (κ3) is 4.07. The first-order valence-corrected chi connectivity index (χ1v) is 9.13. The Morgan fingerprint density at radius 1 is 1.26 bits per heavy atom. The molecule has 7 heteroatoms. The summed E-state index contributed by atoms with van der Waals surface area (Å²) in [5, 5.41) is 4.32. The van der Waals surface area contributed by atoms with Crippen LogP contribution in [0.3, 0.4) is 0 Å². The zero-order valence-electron chi connectivity index (χ0n) is 15.6. The van der Waals surface area contributed by atoms with Gasteiger partial charge >= 0.3 is 5.97 Å². The number of hydrogen-bond donors (Lipinski definition) is 0. The smallest absolute Gasteiger partial charge is 0.310 e. The Hall–Kier alpha value is -2.96. The number of carbonyl (C=O) groups is 2. The van der Waals surface area contributed by atoms with Gasteiger partial charge in [0.25, 0.3) is 5.91 Å². The van der Waals surface area contributed by atoms with Gasteiger partial charge in [0.1, 0.15) is 0 Å². The number of hydrogen-bond acceptors (Lipinski definition) is 5. The van der Waals surface area contributed by atoms with E-state index in [-0.39, 0.29) is 24.1 Å². The number of benzene rings is 1. The summed E-state index contributed by atoms with van der Waals surface area (Å²) < 4.78 is 6.66. The van der Waals surface area contributed by atoms with E-state index in [2.05, 4.69) is 5.10 Å². The first kappa shape index (κ1) is 18.8. The van der Waals surface area contributed by atoms with Gasteiger partial charge in [-0.2, -0.15) is 5.10 Å². The van der Waals surface area contributed by atoms with Crippen LogP contribution in [0.2, 0.25) is 0 Å². The molecule has 0 radical (unpaired) electrons.